The number of hydrogen-bond acceptors (Lipinski definition) is 3. The predicted molar refractivity (Wildman–Crippen MR) is 60.9 cm³/mol. The summed E-state index contributed by atoms with van der Waals surface area (Å²) >= 11 is 1.85. The summed E-state index contributed by atoms with van der Waals surface area (Å²) in [6.07, 6.45) is 1.98. The van der Waals surface area contributed by atoms with E-state index in [0.717, 1.165) is 24.2 Å². The summed E-state index contributed by atoms with van der Waals surface area (Å²) in [5.74, 6) is 0.913. The summed E-state index contributed by atoms with van der Waals surface area (Å²) < 4.78 is 5.35. The Morgan fingerprint density at radius 1 is 1.47 bits per heavy atom. The maximum Gasteiger partial charge on any atom is 0.303 e. The highest BCUT2D eigenvalue weighted by Gasteiger charge is 2.20. The number of rotatable bonds is 1. The van der Waals surface area contributed by atoms with E-state index in [0.29, 0.717) is 0 Å². The van der Waals surface area contributed by atoms with Gasteiger partial charge in [0.1, 0.15) is 6.10 Å². The van der Waals surface area contributed by atoms with Gasteiger partial charge >= 0.3 is 5.97 Å². The summed E-state index contributed by atoms with van der Waals surface area (Å²) in [6.45, 7) is 1.47. The van der Waals surface area contributed by atoms with E-state index in [1.54, 1.807) is 0 Å². The molecule has 1 aromatic rings. The van der Waals surface area contributed by atoms with E-state index in [9.17, 15) is 4.79 Å². The molecule has 0 N–H and O–H groups in total. The van der Waals surface area contributed by atoms with Crippen molar-refractivity contribution < 1.29 is 9.53 Å². The zero-order valence-electron chi connectivity index (χ0n) is 8.73. The fourth-order valence-corrected chi connectivity index (χ4v) is 2.88. The SMILES string of the molecule is CC(=O)O[C@@H]1CCCSc2ccccc21. The molecule has 3 heteroatoms. The van der Waals surface area contributed by atoms with Crippen LogP contribution in [-0.2, 0) is 9.53 Å². The third-order valence-electron chi connectivity index (χ3n) is 2.44. The topological polar surface area (TPSA) is 26.3 Å². The van der Waals surface area contributed by atoms with Gasteiger partial charge in [0.05, 0.1) is 0 Å². The highest BCUT2D eigenvalue weighted by molar-refractivity contribution is 7.99. The molecule has 0 unspecified atom stereocenters. The standard InChI is InChI=1S/C12H14O2S/c1-9(13)14-11-6-4-8-15-12-7-3-2-5-10(11)12/h2-3,5,7,11H,4,6,8H2,1H3/t11-/m1/s1. The van der Waals surface area contributed by atoms with Crippen LogP contribution in [0.25, 0.3) is 0 Å². The first-order valence-corrected chi connectivity index (χ1v) is 6.15. The molecular weight excluding hydrogens is 208 g/mol. The van der Waals surface area contributed by atoms with Gasteiger partial charge in [0.25, 0.3) is 0 Å². The van der Waals surface area contributed by atoms with Crippen LogP contribution in [0.1, 0.15) is 31.4 Å². The highest BCUT2D eigenvalue weighted by Crippen LogP contribution is 2.36. The largest absolute Gasteiger partial charge is 0.458 e. The minimum atomic E-state index is -0.193. The molecule has 0 saturated carbocycles. The second kappa shape index (κ2) is 4.71. The normalized spacial score (nSPS) is 20.2. The number of fused-ring (bicyclic) bond motifs is 1. The second-order valence-electron chi connectivity index (χ2n) is 3.63. The average molecular weight is 222 g/mol. The Kier molecular flexibility index (Phi) is 3.31. The van der Waals surface area contributed by atoms with E-state index < -0.39 is 0 Å². The van der Waals surface area contributed by atoms with Crippen molar-refractivity contribution in [3.05, 3.63) is 29.8 Å². The number of carbonyl (C=O) groups is 1. The predicted octanol–water partition coefficient (Wildman–Crippen LogP) is 3.18. The lowest BCUT2D eigenvalue weighted by atomic mass is 10.1. The monoisotopic (exact) mass is 222 g/mol. The molecule has 0 aliphatic carbocycles. The summed E-state index contributed by atoms with van der Waals surface area (Å²) in [7, 11) is 0. The first-order valence-electron chi connectivity index (χ1n) is 5.16. The zero-order valence-corrected chi connectivity index (χ0v) is 9.55. The third kappa shape index (κ3) is 2.53. The fraction of sp³-hybridized carbons (Fsp3) is 0.417. The average Bonchev–Trinajstić information content (AvgIpc) is 2.41. The first kappa shape index (κ1) is 10.6. The minimum absolute atomic E-state index is 0.0475. The van der Waals surface area contributed by atoms with Gasteiger partial charge in [-0.15, -0.1) is 11.8 Å². The molecule has 1 aliphatic heterocycles. The van der Waals surface area contributed by atoms with Gasteiger partial charge in [0, 0.05) is 17.4 Å². The fourth-order valence-electron chi connectivity index (χ4n) is 1.81. The van der Waals surface area contributed by atoms with Gasteiger partial charge in [-0.2, -0.15) is 0 Å². The number of carbonyl (C=O) groups excluding carboxylic acids is 1. The smallest absolute Gasteiger partial charge is 0.303 e. The minimum Gasteiger partial charge on any atom is -0.458 e. The van der Waals surface area contributed by atoms with Gasteiger partial charge in [0.2, 0.25) is 0 Å². The van der Waals surface area contributed by atoms with Gasteiger partial charge in [-0.1, -0.05) is 18.2 Å². The number of esters is 1. The Balaban J connectivity index is 2.28. The summed E-state index contributed by atoms with van der Waals surface area (Å²) in [5.41, 5.74) is 1.16. The maximum atomic E-state index is 11.0. The van der Waals surface area contributed by atoms with Gasteiger partial charge in [-0.25, -0.2) is 0 Å². The van der Waals surface area contributed by atoms with Crippen LogP contribution in [0.4, 0.5) is 0 Å². The molecule has 0 amide bonds. The molecule has 0 fully saturated rings. The van der Waals surface area contributed by atoms with Crippen molar-refractivity contribution >= 4 is 17.7 Å². The molecule has 1 aromatic carbocycles. The van der Waals surface area contributed by atoms with E-state index >= 15 is 0 Å². The van der Waals surface area contributed by atoms with E-state index in [4.69, 9.17) is 4.74 Å². The lowest BCUT2D eigenvalue weighted by Gasteiger charge is -2.16. The first-order chi connectivity index (χ1) is 7.27. The molecule has 0 radical (unpaired) electrons. The van der Waals surface area contributed by atoms with Crippen LogP contribution < -0.4 is 0 Å². The molecular formula is C12H14O2S. The maximum absolute atomic E-state index is 11.0. The highest BCUT2D eigenvalue weighted by atomic mass is 32.2. The van der Waals surface area contributed by atoms with E-state index in [2.05, 4.69) is 12.1 Å². The Hall–Kier alpha value is -0.960. The van der Waals surface area contributed by atoms with Crippen molar-refractivity contribution in [3.63, 3.8) is 0 Å². The molecule has 1 heterocycles. The molecule has 2 rings (SSSR count). The van der Waals surface area contributed by atoms with Gasteiger partial charge in [0.15, 0.2) is 0 Å². The van der Waals surface area contributed by atoms with Crippen molar-refractivity contribution in [2.75, 3.05) is 5.75 Å². The molecule has 0 spiro atoms. The van der Waals surface area contributed by atoms with E-state index in [1.807, 2.05) is 23.9 Å². The van der Waals surface area contributed by atoms with E-state index in [-0.39, 0.29) is 12.1 Å². The Bertz CT molecular complexity index is 362. The van der Waals surface area contributed by atoms with Crippen LogP contribution in [0.15, 0.2) is 29.2 Å². The van der Waals surface area contributed by atoms with Crippen LogP contribution >= 0.6 is 11.8 Å². The number of benzene rings is 1. The molecule has 0 aromatic heterocycles. The Labute approximate surface area is 94.0 Å². The quantitative estimate of drug-likeness (QED) is 0.683. The van der Waals surface area contributed by atoms with Crippen molar-refractivity contribution in [1.82, 2.24) is 0 Å². The number of hydrogen-bond donors (Lipinski definition) is 0. The number of ether oxygens (including phenoxy) is 1. The number of thioether (sulfide) groups is 1. The Morgan fingerprint density at radius 2 is 2.27 bits per heavy atom. The Morgan fingerprint density at radius 3 is 3.07 bits per heavy atom. The molecule has 1 aliphatic rings. The molecule has 1 atom stereocenters. The van der Waals surface area contributed by atoms with Crippen LogP contribution in [0.2, 0.25) is 0 Å². The molecule has 0 saturated heterocycles. The molecule has 0 bridgehead atoms. The van der Waals surface area contributed by atoms with Crippen molar-refractivity contribution in [1.29, 1.82) is 0 Å². The summed E-state index contributed by atoms with van der Waals surface area (Å²) in [4.78, 5) is 12.3. The van der Waals surface area contributed by atoms with Gasteiger partial charge < -0.3 is 4.74 Å². The zero-order chi connectivity index (χ0) is 10.7. The van der Waals surface area contributed by atoms with Crippen LogP contribution in [0.3, 0.4) is 0 Å². The van der Waals surface area contributed by atoms with E-state index in [1.165, 1.54) is 11.8 Å². The molecule has 2 nitrogen and oxygen atoms in total. The van der Waals surface area contributed by atoms with Crippen LogP contribution in [0, 0.1) is 0 Å². The van der Waals surface area contributed by atoms with Crippen LogP contribution in [0.5, 0.6) is 0 Å². The molecule has 80 valence electrons. The van der Waals surface area contributed by atoms with Crippen molar-refractivity contribution in [2.24, 2.45) is 0 Å². The summed E-state index contributed by atoms with van der Waals surface area (Å²) in [6, 6.07) is 8.19. The van der Waals surface area contributed by atoms with Crippen molar-refractivity contribution in [3.8, 4) is 0 Å². The second-order valence-corrected chi connectivity index (χ2v) is 4.76. The van der Waals surface area contributed by atoms with Gasteiger partial charge in [-0.05, 0) is 24.7 Å². The summed E-state index contributed by atoms with van der Waals surface area (Å²) in [5, 5.41) is 0. The van der Waals surface area contributed by atoms with Gasteiger partial charge in [-0.3, -0.25) is 4.79 Å². The van der Waals surface area contributed by atoms with Crippen LogP contribution in [-0.4, -0.2) is 11.7 Å². The lowest BCUT2D eigenvalue weighted by molar-refractivity contribution is -0.147. The third-order valence-corrected chi connectivity index (χ3v) is 3.62. The van der Waals surface area contributed by atoms with Crippen molar-refractivity contribution in [2.45, 2.75) is 30.8 Å². The molecule has 15 heavy (non-hydrogen) atoms. The lowest BCUT2D eigenvalue weighted by Crippen LogP contribution is -2.08.